The van der Waals surface area contributed by atoms with E-state index in [1.165, 1.54) is 84.9 Å². The summed E-state index contributed by atoms with van der Waals surface area (Å²) in [4.78, 5) is -0.466. The second kappa shape index (κ2) is 31.6. The van der Waals surface area contributed by atoms with Crippen LogP contribution < -0.4 is 29.6 Å². The van der Waals surface area contributed by atoms with Gasteiger partial charge in [0.15, 0.2) is 0 Å². The summed E-state index contributed by atoms with van der Waals surface area (Å²) in [6.45, 7) is 12.9. The Morgan fingerprint density at radius 3 is 0.308 bits per heavy atom. The van der Waals surface area contributed by atoms with E-state index in [0.717, 1.165) is 38.9 Å². The van der Waals surface area contributed by atoms with Crippen molar-refractivity contribution < 1.29 is 122 Å². The van der Waals surface area contributed by atoms with Crippen LogP contribution in [-0.2, 0) is 70.8 Å². The molecule has 0 amide bonds. The van der Waals surface area contributed by atoms with Crippen molar-refractivity contribution in [1.82, 2.24) is 0 Å². The normalized spacial score (nSPS) is 11.3. The smallest absolute Gasteiger partial charge is 1.00 e. The summed E-state index contributed by atoms with van der Waals surface area (Å²) in [5.74, 6) is 0. The molecule has 0 aromatic heterocycles. The molecule has 21 nitrogen and oxygen atoms in total. The Kier molecular flexibility index (Phi) is 29.6. The van der Waals surface area contributed by atoms with Crippen LogP contribution >= 0.6 is 0 Å². The van der Waals surface area contributed by atoms with Gasteiger partial charge in [-0.2, -0.15) is 58.9 Å². The van der Waals surface area contributed by atoms with Crippen LogP contribution in [0, 0.1) is 48.5 Å². The molecule has 0 spiro atoms. The van der Waals surface area contributed by atoms with Gasteiger partial charge in [0.1, 0.15) is 0 Å². The van der Waals surface area contributed by atoms with E-state index < -0.39 is 70.8 Å². The molecule has 0 radical (unpaired) electrons. The molecule has 0 fully saturated rings. The van der Waals surface area contributed by atoms with Crippen LogP contribution in [-0.4, -0.2) is 90.8 Å². The third kappa shape index (κ3) is 30.3. The second-order valence-corrected chi connectivity index (χ2v) is 26.0. The molecule has 0 aliphatic carbocycles. The standard InChI is InChI=1S/7C7H8O3S.Na.H/c7*1-6-2-4-7(5-3-6)11(8,9)10;;/h7*2-5H,1H3,(H,8,9,10);;/q;;;;;;;+1;-1. The van der Waals surface area contributed by atoms with E-state index in [2.05, 4.69) is 0 Å². The van der Waals surface area contributed by atoms with Crippen molar-refractivity contribution >= 4 is 70.8 Å². The Morgan fingerprint density at radius 2 is 0.256 bits per heavy atom. The molecule has 422 valence electrons. The van der Waals surface area contributed by atoms with E-state index in [9.17, 15) is 58.9 Å². The van der Waals surface area contributed by atoms with Crippen LogP contribution in [0.25, 0.3) is 0 Å². The molecule has 0 aliphatic heterocycles. The van der Waals surface area contributed by atoms with Crippen LogP contribution in [0.5, 0.6) is 0 Å². The van der Waals surface area contributed by atoms with Gasteiger partial charge in [0.25, 0.3) is 70.8 Å². The van der Waals surface area contributed by atoms with E-state index >= 15 is 0 Å². The first-order valence-electron chi connectivity index (χ1n) is 21.3. The van der Waals surface area contributed by atoms with Crippen molar-refractivity contribution in [3.05, 3.63) is 209 Å². The van der Waals surface area contributed by atoms with Crippen molar-refractivity contribution in [2.75, 3.05) is 0 Å². The first kappa shape index (κ1) is 72.9. The Hall–Kier alpha value is -5.09. The average molecular weight is 1230 g/mol. The summed E-state index contributed by atoms with van der Waals surface area (Å²) in [6.07, 6.45) is 0. The van der Waals surface area contributed by atoms with Crippen molar-refractivity contribution in [3.63, 3.8) is 0 Å². The Labute approximate surface area is 480 Å². The SMILES string of the molecule is Cc1ccc(S(=O)(=O)O)cc1.Cc1ccc(S(=O)(=O)O)cc1.Cc1ccc(S(=O)(=O)O)cc1.Cc1ccc(S(=O)(=O)O)cc1.Cc1ccc(S(=O)(=O)O)cc1.Cc1ccc(S(=O)(=O)O)cc1.Cc1ccc(S(=O)(=O)O)cc1.[H-].[Na+]. The molecule has 29 heteroatoms. The molecular formula is C49H57NaO21S7. The molecule has 7 aromatic carbocycles. The minimum absolute atomic E-state index is 0. The van der Waals surface area contributed by atoms with E-state index in [0.29, 0.717) is 0 Å². The van der Waals surface area contributed by atoms with E-state index in [1.807, 2.05) is 48.5 Å². The fraction of sp³-hybridized carbons (Fsp3) is 0.143. The Balaban J connectivity index is 0. The molecule has 0 unspecified atom stereocenters. The maximum Gasteiger partial charge on any atom is 1.00 e. The maximum atomic E-state index is 10.5. The molecule has 7 N–H and O–H groups in total. The van der Waals surface area contributed by atoms with Gasteiger partial charge in [0.2, 0.25) is 0 Å². The first-order chi connectivity index (χ1) is 35.0. The molecular weight excluding hydrogens is 1170 g/mol. The number of hydrogen-bond donors (Lipinski definition) is 7. The zero-order valence-corrected chi connectivity index (χ0v) is 50.6. The number of benzene rings is 7. The maximum absolute atomic E-state index is 10.5. The third-order valence-corrected chi connectivity index (χ3v) is 15.3. The predicted octanol–water partition coefficient (Wildman–Crippen LogP) is 5.81. The minimum atomic E-state index is -4.02. The molecule has 0 atom stereocenters. The van der Waals surface area contributed by atoms with Crippen molar-refractivity contribution in [3.8, 4) is 0 Å². The number of aryl methyl sites for hydroxylation is 7. The Morgan fingerprint density at radius 1 is 0.192 bits per heavy atom. The van der Waals surface area contributed by atoms with Gasteiger partial charge in [-0.25, -0.2) is 0 Å². The monoisotopic (exact) mass is 1230 g/mol. The van der Waals surface area contributed by atoms with Gasteiger partial charge < -0.3 is 1.43 Å². The zero-order chi connectivity index (χ0) is 59.4. The van der Waals surface area contributed by atoms with Gasteiger partial charge in [-0.05, 0) is 133 Å². The fourth-order valence-corrected chi connectivity index (χ4v) is 8.33. The van der Waals surface area contributed by atoms with Crippen LogP contribution in [0.1, 0.15) is 40.4 Å². The second-order valence-electron chi connectivity index (χ2n) is 16.0. The van der Waals surface area contributed by atoms with Crippen molar-refractivity contribution in [1.29, 1.82) is 0 Å². The van der Waals surface area contributed by atoms with Gasteiger partial charge in [-0.3, -0.25) is 31.9 Å². The zero-order valence-electron chi connectivity index (χ0n) is 43.9. The average Bonchev–Trinajstić information content (AvgIpc) is 3.29. The van der Waals surface area contributed by atoms with Gasteiger partial charge in [-0.1, -0.05) is 124 Å². The van der Waals surface area contributed by atoms with Gasteiger partial charge in [-0.15, -0.1) is 0 Å². The molecule has 0 heterocycles. The molecule has 0 saturated carbocycles. The van der Waals surface area contributed by atoms with E-state index in [1.54, 1.807) is 84.9 Å². The first-order valence-corrected chi connectivity index (χ1v) is 31.4. The molecule has 7 aromatic rings. The predicted molar refractivity (Wildman–Crippen MR) is 288 cm³/mol. The van der Waals surface area contributed by atoms with Gasteiger partial charge in [0, 0.05) is 0 Å². The summed E-state index contributed by atoms with van der Waals surface area (Å²) in [5, 5.41) is 0. The number of rotatable bonds is 7. The summed E-state index contributed by atoms with van der Waals surface area (Å²) in [5.41, 5.74) is 6.69. The van der Waals surface area contributed by atoms with Crippen LogP contribution in [0.2, 0.25) is 0 Å². The summed E-state index contributed by atoms with van der Waals surface area (Å²) in [7, 11) is -28.1. The third-order valence-electron chi connectivity index (χ3n) is 9.23. The quantitative estimate of drug-likeness (QED) is 0.0731. The molecule has 0 bridgehead atoms. The Bertz CT molecular complexity index is 3090. The molecule has 78 heavy (non-hydrogen) atoms. The number of hydrogen-bond acceptors (Lipinski definition) is 14. The van der Waals surface area contributed by atoms with Crippen molar-refractivity contribution in [2.45, 2.75) is 82.7 Å². The van der Waals surface area contributed by atoms with Crippen molar-refractivity contribution in [2.24, 2.45) is 0 Å². The summed E-state index contributed by atoms with van der Waals surface area (Å²) in [6, 6.07) is 41.9. The van der Waals surface area contributed by atoms with Gasteiger partial charge in [0.05, 0.1) is 34.3 Å². The summed E-state index contributed by atoms with van der Waals surface area (Å²) < 4.78 is 207. The van der Waals surface area contributed by atoms with Gasteiger partial charge >= 0.3 is 29.6 Å². The molecule has 0 saturated heterocycles. The summed E-state index contributed by atoms with van der Waals surface area (Å²) >= 11 is 0. The molecule has 7 rings (SSSR count). The topological polar surface area (TPSA) is 381 Å². The van der Waals surface area contributed by atoms with Crippen LogP contribution in [0.15, 0.2) is 204 Å². The van der Waals surface area contributed by atoms with Crippen LogP contribution in [0.3, 0.4) is 0 Å². The fourth-order valence-electron chi connectivity index (χ4n) is 4.97. The van der Waals surface area contributed by atoms with Crippen LogP contribution in [0.4, 0.5) is 0 Å². The minimum Gasteiger partial charge on any atom is -1.00 e. The van der Waals surface area contributed by atoms with E-state index in [-0.39, 0.29) is 65.3 Å². The van der Waals surface area contributed by atoms with E-state index in [4.69, 9.17) is 31.9 Å². The largest absolute Gasteiger partial charge is 1.00 e. The molecule has 0 aliphatic rings.